The summed E-state index contributed by atoms with van der Waals surface area (Å²) in [6.07, 6.45) is 48.8. The van der Waals surface area contributed by atoms with Crippen molar-refractivity contribution in [3.05, 3.63) is 0 Å². The van der Waals surface area contributed by atoms with Gasteiger partial charge in [-0.3, -0.25) is 37.3 Å². The van der Waals surface area contributed by atoms with Crippen LogP contribution in [0.15, 0.2) is 0 Å². The highest BCUT2D eigenvalue weighted by Gasteiger charge is 2.30. The van der Waals surface area contributed by atoms with E-state index in [2.05, 4.69) is 41.5 Å². The van der Waals surface area contributed by atoms with Crippen LogP contribution in [0.5, 0.6) is 0 Å². The first-order valence-corrected chi connectivity index (χ1v) is 40.0. The summed E-state index contributed by atoms with van der Waals surface area (Å²) in [6.45, 7) is 9.47. The number of aliphatic hydroxyl groups excluding tert-OH is 1. The van der Waals surface area contributed by atoms with Gasteiger partial charge in [0.15, 0.2) is 12.2 Å². The molecule has 2 unspecified atom stereocenters. The summed E-state index contributed by atoms with van der Waals surface area (Å²) in [5.41, 5.74) is 0. The topological polar surface area (TPSA) is 237 Å². The number of rotatable bonds is 70. The third-order valence-electron chi connectivity index (χ3n) is 16.5. The van der Waals surface area contributed by atoms with Gasteiger partial charge in [-0.2, -0.15) is 0 Å². The van der Waals surface area contributed by atoms with Crippen LogP contribution in [0.1, 0.15) is 363 Å². The van der Waals surface area contributed by atoms with Crippen molar-refractivity contribution < 1.29 is 80.2 Å². The Morgan fingerprint density at radius 1 is 0.300 bits per heavy atom. The number of carbonyl (C=O) groups is 4. The Bertz CT molecular complexity index is 1750. The molecule has 0 amide bonds. The lowest BCUT2D eigenvalue weighted by Gasteiger charge is -2.21. The van der Waals surface area contributed by atoms with Gasteiger partial charge in [-0.15, -0.1) is 0 Å². The van der Waals surface area contributed by atoms with Crippen LogP contribution in [0.2, 0.25) is 0 Å². The molecule has 0 spiro atoms. The molecular weight excluding hydrogens is 1190 g/mol. The largest absolute Gasteiger partial charge is 0.472 e. The van der Waals surface area contributed by atoms with Crippen molar-refractivity contribution in [1.82, 2.24) is 0 Å². The summed E-state index contributed by atoms with van der Waals surface area (Å²) in [6, 6.07) is 0. The lowest BCUT2D eigenvalue weighted by Crippen LogP contribution is -2.30. The second kappa shape index (κ2) is 63.1. The first-order valence-electron chi connectivity index (χ1n) is 37.0. The van der Waals surface area contributed by atoms with Crippen molar-refractivity contribution in [2.24, 2.45) is 11.8 Å². The molecule has 17 nitrogen and oxygen atoms in total. The van der Waals surface area contributed by atoms with Gasteiger partial charge in [-0.25, -0.2) is 9.13 Å². The minimum atomic E-state index is -4.95. The van der Waals surface area contributed by atoms with Crippen LogP contribution in [0, 0.1) is 11.8 Å². The van der Waals surface area contributed by atoms with Gasteiger partial charge in [0.1, 0.15) is 19.3 Å². The smallest absolute Gasteiger partial charge is 0.462 e. The van der Waals surface area contributed by atoms with Gasteiger partial charge >= 0.3 is 39.5 Å². The molecule has 534 valence electrons. The summed E-state index contributed by atoms with van der Waals surface area (Å²) < 4.78 is 68.2. The third kappa shape index (κ3) is 64.8. The fraction of sp³-hybridized carbons (Fsp3) is 0.944. The molecule has 5 atom stereocenters. The molecule has 3 N–H and O–H groups in total. The molecule has 0 aromatic carbocycles. The van der Waals surface area contributed by atoms with E-state index in [4.69, 9.17) is 37.0 Å². The lowest BCUT2D eigenvalue weighted by atomic mass is 10.0. The second-order valence-electron chi connectivity index (χ2n) is 26.6. The number of aliphatic hydroxyl groups is 1. The van der Waals surface area contributed by atoms with Gasteiger partial charge in [-0.05, 0) is 37.5 Å². The molecule has 0 bridgehead atoms. The van der Waals surface area contributed by atoms with Crippen LogP contribution in [-0.2, 0) is 65.4 Å². The molecule has 0 rings (SSSR count). The van der Waals surface area contributed by atoms with Crippen molar-refractivity contribution in [1.29, 1.82) is 0 Å². The Hall–Kier alpha value is -1.94. The van der Waals surface area contributed by atoms with E-state index in [9.17, 15) is 43.2 Å². The number of unbranched alkanes of at least 4 members (excludes halogenated alkanes) is 40. The van der Waals surface area contributed by atoms with Crippen LogP contribution < -0.4 is 0 Å². The van der Waals surface area contributed by atoms with Crippen molar-refractivity contribution in [3.63, 3.8) is 0 Å². The monoisotopic (exact) mass is 1320 g/mol. The molecule has 0 saturated heterocycles. The quantitative estimate of drug-likeness (QED) is 0.0222. The number of phosphoric ester groups is 2. The van der Waals surface area contributed by atoms with Crippen LogP contribution >= 0.6 is 15.6 Å². The van der Waals surface area contributed by atoms with Gasteiger partial charge < -0.3 is 33.8 Å². The molecular formula is C71H138O17P2. The molecule has 0 aromatic heterocycles. The first kappa shape index (κ1) is 88.1. The second-order valence-corrected chi connectivity index (χ2v) is 29.5. The minimum Gasteiger partial charge on any atom is -0.462 e. The lowest BCUT2D eigenvalue weighted by molar-refractivity contribution is -0.161. The molecule has 0 aliphatic carbocycles. The molecule has 19 heteroatoms. The highest BCUT2D eigenvalue weighted by Crippen LogP contribution is 2.45. The van der Waals surface area contributed by atoms with Gasteiger partial charge in [0, 0.05) is 25.7 Å². The SMILES string of the molecule is CCCCCCCCCCCCCCCCCCC(=O)OC[C@H](COP(=O)(O)OC[C@@H](O)COP(=O)(O)OC[C@@H](COC(=O)CCCCCCCCCCC)OC(=O)CCCCCCCCC(C)C)OC(=O)CCCCCCCCCCCCCCCC(C)C. The third-order valence-corrected chi connectivity index (χ3v) is 18.4. The van der Waals surface area contributed by atoms with Crippen molar-refractivity contribution in [2.45, 2.75) is 381 Å². The van der Waals surface area contributed by atoms with E-state index in [-0.39, 0.29) is 25.7 Å². The average molecular weight is 1330 g/mol. The Balaban J connectivity index is 5.21. The van der Waals surface area contributed by atoms with Crippen LogP contribution in [0.4, 0.5) is 0 Å². The maximum absolute atomic E-state index is 13.0. The van der Waals surface area contributed by atoms with Crippen molar-refractivity contribution >= 4 is 39.5 Å². The van der Waals surface area contributed by atoms with E-state index >= 15 is 0 Å². The maximum atomic E-state index is 13.0. The standard InChI is InChI=1S/C71H138O17P2/c1-7-9-11-13-15-17-18-19-20-21-24-27-31-35-42-48-54-69(74)82-59-66(87-70(75)55-49-43-36-32-28-25-22-23-26-30-33-39-45-51-63(3)4)61-85-89(77,78)83-57-65(72)58-84-90(79,80)86-62-67(88-71(76)56-50-44-38-37-40-46-52-64(5)6)60-81-68(73)53-47-41-34-29-16-14-12-10-8-2/h63-67,72H,7-62H2,1-6H3,(H,77,78)(H,79,80)/t65-,66-,67-/m1/s1. The Labute approximate surface area is 549 Å². The van der Waals surface area contributed by atoms with E-state index in [1.807, 2.05) is 0 Å². The highest BCUT2D eigenvalue weighted by molar-refractivity contribution is 7.47. The summed E-state index contributed by atoms with van der Waals surface area (Å²) in [5.74, 6) is -0.671. The number of hydrogen-bond acceptors (Lipinski definition) is 15. The summed E-state index contributed by atoms with van der Waals surface area (Å²) in [5, 5.41) is 10.6. The van der Waals surface area contributed by atoms with E-state index in [0.717, 1.165) is 95.8 Å². The zero-order valence-electron chi connectivity index (χ0n) is 58.4. The first-order chi connectivity index (χ1) is 43.4. The van der Waals surface area contributed by atoms with Gasteiger partial charge in [0.05, 0.1) is 26.4 Å². The van der Waals surface area contributed by atoms with Crippen LogP contribution in [0.25, 0.3) is 0 Å². The number of ether oxygens (including phenoxy) is 4. The predicted molar refractivity (Wildman–Crippen MR) is 363 cm³/mol. The van der Waals surface area contributed by atoms with Crippen molar-refractivity contribution in [3.8, 4) is 0 Å². The number of esters is 4. The van der Waals surface area contributed by atoms with Crippen LogP contribution in [-0.4, -0.2) is 96.7 Å². The van der Waals surface area contributed by atoms with E-state index in [0.29, 0.717) is 31.6 Å². The van der Waals surface area contributed by atoms with Crippen molar-refractivity contribution in [2.75, 3.05) is 39.6 Å². The van der Waals surface area contributed by atoms with Crippen LogP contribution in [0.3, 0.4) is 0 Å². The molecule has 0 aliphatic rings. The van der Waals surface area contributed by atoms with E-state index in [1.165, 1.54) is 180 Å². The molecule has 0 saturated carbocycles. The zero-order chi connectivity index (χ0) is 66.5. The molecule has 0 aliphatic heterocycles. The normalized spacial score (nSPS) is 14.1. The number of phosphoric acid groups is 2. The Morgan fingerprint density at radius 3 is 0.756 bits per heavy atom. The molecule has 0 heterocycles. The highest BCUT2D eigenvalue weighted by atomic mass is 31.2. The summed E-state index contributed by atoms with van der Waals surface area (Å²) in [4.78, 5) is 72.5. The predicted octanol–water partition coefficient (Wildman–Crippen LogP) is 20.4. The number of hydrogen-bond donors (Lipinski definition) is 3. The van der Waals surface area contributed by atoms with E-state index in [1.54, 1.807) is 0 Å². The zero-order valence-corrected chi connectivity index (χ0v) is 60.2. The van der Waals surface area contributed by atoms with Gasteiger partial charge in [0.2, 0.25) is 0 Å². The molecule has 90 heavy (non-hydrogen) atoms. The molecule has 0 fully saturated rings. The fourth-order valence-corrected chi connectivity index (χ4v) is 12.3. The Kier molecular flexibility index (Phi) is 61.8. The fourth-order valence-electron chi connectivity index (χ4n) is 10.8. The summed E-state index contributed by atoms with van der Waals surface area (Å²) in [7, 11) is -9.90. The molecule has 0 aromatic rings. The summed E-state index contributed by atoms with van der Waals surface area (Å²) >= 11 is 0. The number of carbonyl (C=O) groups excluding carboxylic acids is 4. The maximum Gasteiger partial charge on any atom is 0.472 e. The Morgan fingerprint density at radius 2 is 0.511 bits per heavy atom. The van der Waals surface area contributed by atoms with Gasteiger partial charge in [-0.1, -0.05) is 311 Å². The van der Waals surface area contributed by atoms with E-state index < -0.39 is 97.5 Å². The molecule has 0 radical (unpaired) electrons. The average Bonchev–Trinajstić information content (AvgIpc) is 3.45. The van der Waals surface area contributed by atoms with Gasteiger partial charge in [0.25, 0.3) is 0 Å². The minimum absolute atomic E-state index is 0.102.